The molecular formula is C19H18BrNO4. The second-order valence-electron chi connectivity index (χ2n) is 5.31. The molecule has 0 fully saturated rings. The van der Waals surface area contributed by atoms with E-state index in [1.807, 2.05) is 24.3 Å². The molecule has 2 N–H and O–H groups in total. The number of amides is 1. The number of rotatable bonds is 7. The van der Waals surface area contributed by atoms with Crippen molar-refractivity contribution < 1.29 is 19.4 Å². The Morgan fingerprint density at radius 1 is 1.20 bits per heavy atom. The van der Waals surface area contributed by atoms with Crippen LogP contribution in [0.3, 0.4) is 0 Å². The van der Waals surface area contributed by atoms with Crippen LogP contribution in [0.4, 0.5) is 5.69 Å². The molecule has 0 heterocycles. The van der Waals surface area contributed by atoms with Crippen LogP contribution in [0.2, 0.25) is 0 Å². The van der Waals surface area contributed by atoms with Gasteiger partial charge in [0.2, 0.25) is 5.91 Å². The lowest BCUT2D eigenvalue weighted by Gasteiger charge is -2.09. The number of carboxylic acids is 1. The lowest BCUT2D eigenvalue weighted by atomic mass is 10.1. The molecule has 0 aliphatic rings. The number of halogens is 1. The Bertz CT molecular complexity index is 785. The number of anilines is 1. The number of ether oxygens (including phenoxy) is 1. The Balaban J connectivity index is 1.97. The number of aryl methyl sites for hydroxylation is 1. The molecule has 25 heavy (non-hydrogen) atoms. The number of methoxy groups -OCH3 is 1. The maximum Gasteiger partial charge on any atom is 0.328 e. The van der Waals surface area contributed by atoms with E-state index >= 15 is 0 Å². The van der Waals surface area contributed by atoms with Gasteiger partial charge in [-0.1, -0.05) is 18.2 Å². The topological polar surface area (TPSA) is 75.6 Å². The van der Waals surface area contributed by atoms with E-state index in [1.165, 1.54) is 6.08 Å². The second-order valence-corrected chi connectivity index (χ2v) is 6.16. The van der Waals surface area contributed by atoms with Crippen molar-refractivity contribution >= 4 is 39.6 Å². The van der Waals surface area contributed by atoms with Gasteiger partial charge in [-0.15, -0.1) is 0 Å². The summed E-state index contributed by atoms with van der Waals surface area (Å²) in [5.41, 5.74) is 2.34. The zero-order valence-electron chi connectivity index (χ0n) is 13.7. The Hall–Kier alpha value is -2.60. The number of nitrogens with one attached hydrogen (secondary N) is 1. The summed E-state index contributed by atoms with van der Waals surface area (Å²) in [5.74, 6) is -0.354. The zero-order valence-corrected chi connectivity index (χ0v) is 15.2. The Labute approximate surface area is 154 Å². The molecule has 6 heteroatoms. The number of carboxylic acid groups (broad SMARTS) is 1. The van der Waals surface area contributed by atoms with E-state index in [9.17, 15) is 9.59 Å². The van der Waals surface area contributed by atoms with E-state index in [2.05, 4.69) is 21.2 Å². The summed E-state index contributed by atoms with van der Waals surface area (Å²) < 4.78 is 5.84. The maximum atomic E-state index is 12.2. The SMILES string of the molecule is COc1ccc(CCC(=O)Nc2cc(/C=C/C(=O)O)ccc2Br)cc1. The molecule has 0 unspecified atom stereocenters. The van der Waals surface area contributed by atoms with Gasteiger partial charge in [0.25, 0.3) is 0 Å². The van der Waals surface area contributed by atoms with Gasteiger partial charge in [0.05, 0.1) is 12.8 Å². The third-order valence-corrected chi connectivity index (χ3v) is 4.17. The van der Waals surface area contributed by atoms with Crippen LogP contribution in [0.25, 0.3) is 6.08 Å². The summed E-state index contributed by atoms with van der Waals surface area (Å²) in [5, 5.41) is 11.5. The highest BCUT2D eigenvalue weighted by molar-refractivity contribution is 9.10. The number of carbonyl (C=O) groups excluding carboxylic acids is 1. The van der Waals surface area contributed by atoms with Crippen molar-refractivity contribution in [2.24, 2.45) is 0 Å². The van der Waals surface area contributed by atoms with Gasteiger partial charge in [-0.2, -0.15) is 0 Å². The first kappa shape index (κ1) is 18.7. The number of benzene rings is 2. The minimum Gasteiger partial charge on any atom is -0.497 e. The smallest absolute Gasteiger partial charge is 0.328 e. The third-order valence-electron chi connectivity index (χ3n) is 3.48. The van der Waals surface area contributed by atoms with Crippen LogP contribution in [0.5, 0.6) is 5.75 Å². The molecule has 2 rings (SSSR count). The molecule has 0 saturated carbocycles. The first-order chi connectivity index (χ1) is 12.0. The maximum absolute atomic E-state index is 12.2. The minimum atomic E-state index is -1.02. The molecule has 5 nitrogen and oxygen atoms in total. The molecule has 0 aliphatic heterocycles. The molecule has 2 aromatic rings. The third kappa shape index (κ3) is 6.08. The summed E-state index contributed by atoms with van der Waals surface area (Å²) in [6, 6.07) is 12.8. The number of hydrogen-bond acceptors (Lipinski definition) is 3. The largest absolute Gasteiger partial charge is 0.497 e. The van der Waals surface area contributed by atoms with E-state index in [0.717, 1.165) is 21.9 Å². The van der Waals surface area contributed by atoms with Gasteiger partial charge in [0.1, 0.15) is 5.75 Å². The predicted molar refractivity (Wildman–Crippen MR) is 101 cm³/mol. The van der Waals surface area contributed by atoms with Gasteiger partial charge in [0.15, 0.2) is 0 Å². The molecule has 0 spiro atoms. The molecule has 0 bridgehead atoms. The zero-order chi connectivity index (χ0) is 18.2. The van der Waals surface area contributed by atoms with Gasteiger partial charge < -0.3 is 15.2 Å². The van der Waals surface area contributed by atoms with Crippen molar-refractivity contribution in [2.75, 3.05) is 12.4 Å². The molecule has 0 saturated heterocycles. The van der Waals surface area contributed by atoms with E-state index in [0.29, 0.717) is 24.1 Å². The molecule has 0 radical (unpaired) electrons. The lowest BCUT2D eigenvalue weighted by Crippen LogP contribution is -2.12. The Morgan fingerprint density at radius 2 is 1.92 bits per heavy atom. The van der Waals surface area contributed by atoms with Gasteiger partial charge in [-0.05, 0) is 63.8 Å². The van der Waals surface area contributed by atoms with Crippen LogP contribution < -0.4 is 10.1 Å². The monoisotopic (exact) mass is 403 g/mol. The molecule has 0 aliphatic carbocycles. The van der Waals surface area contributed by atoms with Crippen LogP contribution in [-0.4, -0.2) is 24.1 Å². The molecule has 2 aromatic carbocycles. The van der Waals surface area contributed by atoms with Crippen LogP contribution in [0, 0.1) is 0 Å². The second kappa shape index (κ2) is 9.03. The summed E-state index contributed by atoms with van der Waals surface area (Å²) >= 11 is 3.38. The van der Waals surface area contributed by atoms with Crippen LogP contribution >= 0.6 is 15.9 Å². The Kier molecular flexibility index (Phi) is 6.77. The summed E-state index contributed by atoms with van der Waals surface area (Å²) in [6.07, 6.45) is 3.49. The van der Waals surface area contributed by atoms with Crippen LogP contribution in [0.15, 0.2) is 53.0 Å². The molecule has 0 atom stereocenters. The van der Waals surface area contributed by atoms with Gasteiger partial charge in [0, 0.05) is 17.0 Å². The van der Waals surface area contributed by atoms with E-state index in [1.54, 1.807) is 25.3 Å². The fourth-order valence-corrected chi connectivity index (χ4v) is 2.52. The van der Waals surface area contributed by atoms with E-state index < -0.39 is 5.97 Å². The fourth-order valence-electron chi connectivity index (χ4n) is 2.17. The standard InChI is InChI=1S/C19H18BrNO4/c1-25-15-7-2-13(3-8-15)5-10-18(22)21-17-12-14(4-9-16(17)20)6-11-19(23)24/h2-4,6-9,11-12H,5,10H2,1H3,(H,21,22)(H,23,24)/b11-6+. The number of carbonyl (C=O) groups is 2. The lowest BCUT2D eigenvalue weighted by molar-refractivity contribution is -0.131. The molecule has 130 valence electrons. The average Bonchev–Trinajstić information content (AvgIpc) is 2.61. The highest BCUT2D eigenvalue weighted by atomic mass is 79.9. The van der Waals surface area contributed by atoms with Crippen molar-refractivity contribution in [3.05, 3.63) is 64.1 Å². The highest BCUT2D eigenvalue weighted by Crippen LogP contribution is 2.24. The van der Waals surface area contributed by atoms with Crippen molar-refractivity contribution in [1.29, 1.82) is 0 Å². The van der Waals surface area contributed by atoms with Crippen molar-refractivity contribution in [1.82, 2.24) is 0 Å². The van der Waals surface area contributed by atoms with Crippen molar-refractivity contribution in [3.63, 3.8) is 0 Å². The summed E-state index contributed by atoms with van der Waals surface area (Å²) in [7, 11) is 1.61. The first-order valence-corrected chi connectivity index (χ1v) is 8.40. The molecule has 1 amide bonds. The molecular weight excluding hydrogens is 386 g/mol. The van der Waals surface area contributed by atoms with Crippen molar-refractivity contribution in [3.8, 4) is 5.75 Å². The predicted octanol–water partition coefficient (Wildman–Crippen LogP) is 4.13. The average molecular weight is 404 g/mol. The number of hydrogen-bond donors (Lipinski definition) is 2. The Morgan fingerprint density at radius 3 is 2.56 bits per heavy atom. The highest BCUT2D eigenvalue weighted by Gasteiger charge is 2.07. The van der Waals surface area contributed by atoms with Crippen molar-refractivity contribution in [2.45, 2.75) is 12.8 Å². The fraction of sp³-hybridized carbons (Fsp3) is 0.158. The van der Waals surface area contributed by atoms with E-state index in [-0.39, 0.29) is 5.91 Å². The number of aliphatic carboxylic acids is 1. The van der Waals surface area contributed by atoms with Gasteiger partial charge >= 0.3 is 5.97 Å². The van der Waals surface area contributed by atoms with Crippen LogP contribution in [0.1, 0.15) is 17.5 Å². The summed E-state index contributed by atoms with van der Waals surface area (Å²) in [6.45, 7) is 0. The first-order valence-electron chi connectivity index (χ1n) is 7.61. The quantitative estimate of drug-likeness (QED) is 0.681. The van der Waals surface area contributed by atoms with Crippen LogP contribution in [-0.2, 0) is 16.0 Å². The van der Waals surface area contributed by atoms with Gasteiger partial charge in [-0.25, -0.2) is 4.79 Å². The normalized spacial score (nSPS) is 10.6. The molecule has 0 aromatic heterocycles. The minimum absolute atomic E-state index is 0.115. The summed E-state index contributed by atoms with van der Waals surface area (Å²) in [4.78, 5) is 22.8. The van der Waals surface area contributed by atoms with Gasteiger partial charge in [-0.3, -0.25) is 4.79 Å². The van der Waals surface area contributed by atoms with E-state index in [4.69, 9.17) is 9.84 Å².